The summed E-state index contributed by atoms with van der Waals surface area (Å²) in [4.78, 5) is 16.3. The van der Waals surface area contributed by atoms with Crippen LogP contribution in [0.4, 0.5) is 8.78 Å². The van der Waals surface area contributed by atoms with Crippen molar-refractivity contribution in [2.45, 2.75) is 0 Å². The van der Waals surface area contributed by atoms with E-state index >= 15 is 0 Å². The molecule has 0 unspecified atom stereocenters. The van der Waals surface area contributed by atoms with E-state index in [2.05, 4.69) is 20.9 Å². The van der Waals surface area contributed by atoms with E-state index in [1.807, 2.05) is 0 Å². The van der Waals surface area contributed by atoms with Crippen molar-refractivity contribution < 1.29 is 18.7 Å². The quantitative estimate of drug-likeness (QED) is 0.711. The summed E-state index contributed by atoms with van der Waals surface area (Å²) in [5, 5.41) is 9.34. The molecular weight excluding hydrogens is 364 g/mol. The molecule has 0 spiro atoms. The summed E-state index contributed by atoms with van der Waals surface area (Å²) in [5.41, 5.74) is 0.397. The van der Waals surface area contributed by atoms with Gasteiger partial charge in [0.05, 0.1) is 25.4 Å². The molecule has 106 valence electrons. The van der Waals surface area contributed by atoms with E-state index in [1.165, 1.54) is 17.4 Å². The van der Waals surface area contributed by atoms with Crippen LogP contribution < -0.4 is 0 Å². The zero-order valence-corrected chi connectivity index (χ0v) is 12.6. The molecule has 3 nitrogen and oxygen atoms in total. The molecule has 3 aromatic rings. The fraction of sp³-hybridized carbons (Fsp3) is 0. The average molecular weight is 370 g/mol. The molecule has 0 radical (unpaired) electrons. The van der Waals surface area contributed by atoms with Crippen molar-refractivity contribution in [2.24, 2.45) is 0 Å². The summed E-state index contributed by atoms with van der Waals surface area (Å²) in [6.45, 7) is 0. The summed E-state index contributed by atoms with van der Waals surface area (Å²) in [6.07, 6.45) is 0. The van der Waals surface area contributed by atoms with Gasteiger partial charge >= 0.3 is 5.97 Å². The maximum absolute atomic E-state index is 13.4. The van der Waals surface area contributed by atoms with Crippen LogP contribution in [0.5, 0.6) is 0 Å². The summed E-state index contributed by atoms with van der Waals surface area (Å²) >= 11 is 4.68. The lowest BCUT2D eigenvalue weighted by Gasteiger charge is -2.06. The van der Waals surface area contributed by atoms with Gasteiger partial charge in [-0.15, -0.1) is 11.3 Å². The molecule has 0 bridgehead atoms. The number of benzene rings is 1. The molecule has 0 aliphatic heterocycles. The highest BCUT2D eigenvalue weighted by atomic mass is 79.9. The molecule has 0 saturated heterocycles. The van der Waals surface area contributed by atoms with Gasteiger partial charge < -0.3 is 5.11 Å². The molecule has 0 atom stereocenters. The highest BCUT2D eigenvalue weighted by Crippen LogP contribution is 2.33. The number of aromatic carboxylic acids is 1. The van der Waals surface area contributed by atoms with Crippen LogP contribution in [-0.2, 0) is 0 Å². The molecule has 7 heteroatoms. The van der Waals surface area contributed by atoms with E-state index in [0.717, 1.165) is 20.8 Å². The maximum Gasteiger partial charge on any atom is 0.336 e. The average Bonchev–Trinajstić information content (AvgIpc) is 2.85. The van der Waals surface area contributed by atoms with Crippen LogP contribution in [0.2, 0.25) is 0 Å². The lowest BCUT2D eigenvalue weighted by Crippen LogP contribution is -2.01. The summed E-state index contributed by atoms with van der Waals surface area (Å²) in [5.74, 6) is -3.38. The second kappa shape index (κ2) is 5.16. The Balaban J connectivity index is 2.34. The van der Waals surface area contributed by atoms with Crippen LogP contribution in [0.1, 0.15) is 10.4 Å². The molecule has 2 heterocycles. The van der Waals surface area contributed by atoms with Gasteiger partial charge in [-0.1, -0.05) is 0 Å². The minimum atomic E-state index is -1.22. The van der Waals surface area contributed by atoms with Gasteiger partial charge in [0.25, 0.3) is 0 Å². The third kappa shape index (κ3) is 2.54. The van der Waals surface area contributed by atoms with E-state index in [4.69, 9.17) is 0 Å². The van der Waals surface area contributed by atoms with E-state index < -0.39 is 17.6 Å². The second-order valence-corrected chi connectivity index (χ2v) is 6.71. The SMILES string of the molecule is O=C(O)c1cc(-c2ccc(Br)s2)nc2cc(F)c(F)cc12. The molecule has 3 rings (SSSR count). The second-order valence-electron chi connectivity index (χ2n) is 4.25. The van der Waals surface area contributed by atoms with Gasteiger partial charge in [-0.05, 0) is 40.2 Å². The number of rotatable bonds is 2. The van der Waals surface area contributed by atoms with Crippen LogP contribution in [0.25, 0.3) is 21.5 Å². The molecule has 0 fully saturated rings. The van der Waals surface area contributed by atoms with Crippen LogP contribution in [0, 0.1) is 11.6 Å². The number of thiophene rings is 1. The Labute approximate surface area is 130 Å². The highest BCUT2D eigenvalue weighted by molar-refractivity contribution is 9.11. The van der Waals surface area contributed by atoms with Crippen molar-refractivity contribution in [2.75, 3.05) is 0 Å². The first-order chi connectivity index (χ1) is 9.95. The van der Waals surface area contributed by atoms with Crippen LogP contribution in [0.3, 0.4) is 0 Å². The fourth-order valence-electron chi connectivity index (χ4n) is 1.98. The smallest absolute Gasteiger partial charge is 0.336 e. The fourth-order valence-corrected chi connectivity index (χ4v) is 3.32. The Kier molecular flexibility index (Phi) is 3.46. The first kappa shape index (κ1) is 14.1. The number of hydrogen-bond donors (Lipinski definition) is 1. The van der Waals surface area contributed by atoms with Crippen LogP contribution in [-0.4, -0.2) is 16.1 Å². The lowest BCUT2D eigenvalue weighted by molar-refractivity contribution is 0.0699. The molecule has 21 heavy (non-hydrogen) atoms. The predicted octanol–water partition coefficient (Wildman–Crippen LogP) is 4.70. The van der Waals surface area contributed by atoms with Gasteiger partial charge in [-0.25, -0.2) is 18.6 Å². The Hall–Kier alpha value is -1.86. The zero-order chi connectivity index (χ0) is 15.1. The monoisotopic (exact) mass is 369 g/mol. The van der Waals surface area contributed by atoms with Crippen molar-refractivity contribution in [3.8, 4) is 10.6 Å². The van der Waals surface area contributed by atoms with Crippen molar-refractivity contribution in [3.05, 3.63) is 51.3 Å². The third-order valence-electron chi connectivity index (χ3n) is 2.91. The van der Waals surface area contributed by atoms with Crippen molar-refractivity contribution in [1.29, 1.82) is 0 Å². The minimum absolute atomic E-state index is 0.0702. The number of pyridine rings is 1. The first-order valence-corrected chi connectivity index (χ1v) is 7.35. The maximum atomic E-state index is 13.4. The predicted molar refractivity (Wildman–Crippen MR) is 79.6 cm³/mol. The number of nitrogens with zero attached hydrogens (tertiary/aromatic N) is 1. The molecule has 0 aliphatic rings. The van der Waals surface area contributed by atoms with Crippen molar-refractivity contribution in [1.82, 2.24) is 4.98 Å². The minimum Gasteiger partial charge on any atom is -0.478 e. The molecule has 1 aromatic carbocycles. The number of aromatic nitrogens is 1. The Morgan fingerprint density at radius 2 is 1.90 bits per heavy atom. The van der Waals surface area contributed by atoms with E-state index in [-0.39, 0.29) is 16.5 Å². The van der Waals surface area contributed by atoms with Gasteiger partial charge in [-0.2, -0.15) is 0 Å². The van der Waals surface area contributed by atoms with Crippen LogP contribution in [0.15, 0.2) is 34.1 Å². The van der Waals surface area contributed by atoms with Crippen molar-refractivity contribution in [3.63, 3.8) is 0 Å². The molecule has 1 N–H and O–H groups in total. The third-order valence-corrected chi connectivity index (χ3v) is 4.55. The molecule has 0 amide bonds. The number of carboxylic acids is 1. The van der Waals surface area contributed by atoms with Gasteiger partial charge in [0, 0.05) is 11.5 Å². The first-order valence-electron chi connectivity index (χ1n) is 5.74. The van der Waals surface area contributed by atoms with E-state index in [0.29, 0.717) is 5.69 Å². The largest absolute Gasteiger partial charge is 0.478 e. The molecular formula is C14H6BrF2NO2S. The lowest BCUT2D eigenvalue weighted by atomic mass is 10.1. The zero-order valence-electron chi connectivity index (χ0n) is 10.2. The number of carboxylic acid groups (broad SMARTS) is 1. The number of hydrogen-bond acceptors (Lipinski definition) is 3. The number of carbonyl (C=O) groups is 1. The van der Waals surface area contributed by atoms with E-state index in [1.54, 1.807) is 12.1 Å². The Morgan fingerprint density at radius 3 is 2.52 bits per heavy atom. The Bertz CT molecular complexity index is 879. The van der Waals surface area contributed by atoms with Gasteiger partial charge in [0.1, 0.15) is 0 Å². The highest BCUT2D eigenvalue weighted by Gasteiger charge is 2.16. The molecule has 0 aliphatic carbocycles. The van der Waals surface area contributed by atoms with Crippen LogP contribution >= 0.6 is 27.3 Å². The van der Waals surface area contributed by atoms with Gasteiger partial charge in [0.15, 0.2) is 11.6 Å². The standard InChI is InChI=1S/C14H6BrF2NO2S/c15-13-2-1-12(21-13)11-4-7(14(19)20)6-3-8(16)9(17)5-10(6)18-11/h1-5H,(H,19,20). The normalized spacial score (nSPS) is 11.0. The number of halogens is 3. The van der Waals surface area contributed by atoms with Crippen molar-refractivity contribution >= 4 is 44.1 Å². The number of fused-ring (bicyclic) bond motifs is 1. The van der Waals surface area contributed by atoms with Gasteiger partial charge in [-0.3, -0.25) is 0 Å². The molecule has 2 aromatic heterocycles. The molecule has 0 saturated carbocycles. The van der Waals surface area contributed by atoms with E-state index in [9.17, 15) is 18.7 Å². The Morgan fingerprint density at radius 1 is 1.19 bits per heavy atom. The topological polar surface area (TPSA) is 50.2 Å². The summed E-state index contributed by atoms with van der Waals surface area (Å²) < 4.78 is 27.5. The van der Waals surface area contributed by atoms with Gasteiger partial charge in [0.2, 0.25) is 0 Å². The summed E-state index contributed by atoms with van der Waals surface area (Å²) in [6, 6.07) is 6.70. The summed E-state index contributed by atoms with van der Waals surface area (Å²) in [7, 11) is 0.